The van der Waals surface area contributed by atoms with Gasteiger partial charge in [-0.1, -0.05) is 22.0 Å². The molecule has 1 heterocycles. The van der Waals surface area contributed by atoms with Gasteiger partial charge in [-0.05, 0) is 23.6 Å². The molecule has 0 aliphatic carbocycles. The third kappa shape index (κ3) is 2.80. The number of rotatable bonds is 2. The second-order valence-corrected chi connectivity index (χ2v) is 7.69. The maximum atomic E-state index is 11.1. The van der Waals surface area contributed by atoms with Gasteiger partial charge < -0.3 is 0 Å². The van der Waals surface area contributed by atoms with Crippen LogP contribution in [0.3, 0.4) is 0 Å². The topological polar surface area (TPSA) is 34.1 Å². The zero-order valence-electron chi connectivity index (χ0n) is 8.03. The second-order valence-electron chi connectivity index (χ2n) is 3.46. The summed E-state index contributed by atoms with van der Waals surface area (Å²) in [6.45, 7) is 0. The van der Waals surface area contributed by atoms with Crippen LogP contribution in [0.5, 0.6) is 0 Å². The Labute approximate surface area is 101 Å². The molecule has 15 heavy (non-hydrogen) atoms. The van der Waals surface area contributed by atoms with Crippen molar-refractivity contribution in [3.8, 4) is 0 Å². The molecular formula is C10H9BrO2S2. The van der Waals surface area contributed by atoms with Gasteiger partial charge in [0.05, 0.1) is 5.75 Å². The number of hydrogen-bond donors (Lipinski definition) is 0. The van der Waals surface area contributed by atoms with Gasteiger partial charge in [0.15, 0.2) is 9.84 Å². The summed E-state index contributed by atoms with van der Waals surface area (Å²) < 4.78 is 24.4. The van der Waals surface area contributed by atoms with Gasteiger partial charge in [-0.15, -0.1) is 11.3 Å². The van der Waals surface area contributed by atoms with E-state index in [1.165, 1.54) is 17.6 Å². The van der Waals surface area contributed by atoms with Gasteiger partial charge in [-0.25, -0.2) is 8.42 Å². The number of sulfone groups is 1. The lowest BCUT2D eigenvalue weighted by atomic mass is 10.2. The fourth-order valence-electron chi connectivity index (χ4n) is 1.39. The van der Waals surface area contributed by atoms with Crippen molar-refractivity contribution in [2.45, 2.75) is 5.75 Å². The molecule has 2 aromatic rings. The molecule has 0 unspecified atom stereocenters. The van der Waals surface area contributed by atoms with Crippen LogP contribution in [-0.4, -0.2) is 14.7 Å². The number of hydrogen-bond acceptors (Lipinski definition) is 3. The SMILES string of the molecule is CS(=O)(=O)Cc1cc2ccc(Br)cc2s1. The van der Waals surface area contributed by atoms with E-state index in [2.05, 4.69) is 15.9 Å². The predicted molar refractivity (Wildman–Crippen MR) is 68.1 cm³/mol. The quantitative estimate of drug-likeness (QED) is 0.854. The average Bonchev–Trinajstić information content (AvgIpc) is 2.42. The summed E-state index contributed by atoms with van der Waals surface area (Å²) in [5.74, 6) is 0.129. The molecule has 5 heteroatoms. The molecule has 0 bridgehead atoms. The van der Waals surface area contributed by atoms with E-state index in [-0.39, 0.29) is 5.75 Å². The summed E-state index contributed by atoms with van der Waals surface area (Å²) in [6, 6.07) is 7.89. The average molecular weight is 305 g/mol. The fraction of sp³-hybridized carbons (Fsp3) is 0.200. The summed E-state index contributed by atoms with van der Waals surface area (Å²) in [5, 5.41) is 1.10. The molecule has 0 N–H and O–H groups in total. The van der Waals surface area contributed by atoms with Gasteiger partial charge in [-0.3, -0.25) is 0 Å². The Morgan fingerprint density at radius 2 is 2.07 bits per heavy atom. The molecule has 0 radical (unpaired) electrons. The highest BCUT2D eigenvalue weighted by molar-refractivity contribution is 9.10. The van der Waals surface area contributed by atoms with Gasteiger partial charge in [0.1, 0.15) is 0 Å². The van der Waals surface area contributed by atoms with E-state index in [4.69, 9.17) is 0 Å². The van der Waals surface area contributed by atoms with E-state index in [0.29, 0.717) is 0 Å². The monoisotopic (exact) mass is 304 g/mol. The minimum Gasteiger partial charge on any atom is -0.229 e. The molecule has 0 spiro atoms. The minimum absolute atomic E-state index is 0.129. The molecule has 1 aromatic heterocycles. The molecule has 0 atom stereocenters. The first kappa shape index (κ1) is 11.1. The Kier molecular flexibility index (Phi) is 2.87. The zero-order chi connectivity index (χ0) is 11.1. The van der Waals surface area contributed by atoms with Gasteiger partial charge in [-0.2, -0.15) is 0 Å². The normalized spacial score (nSPS) is 12.1. The Balaban J connectivity index is 2.48. The van der Waals surface area contributed by atoms with Crippen molar-refractivity contribution in [3.05, 3.63) is 33.6 Å². The van der Waals surface area contributed by atoms with Crippen molar-refractivity contribution < 1.29 is 8.42 Å². The number of thiophene rings is 1. The van der Waals surface area contributed by atoms with Crippen molar-refractivity contribution in [1.82, 2.24) is 0 Å². The largest absolute Gasteiger partial charge is 0.229 e. The molecule has 0 aliphatic heterocycles. The highest BCUT2D eigenvalue weighted by Crippen LogP contribution is 2.29. The van der Waals surface area contributed by atoms with Crippen LogP contribution in [0, 0.1) is 0 Å². The molecule has 0 saturated heterocycles. The van der Waals surface area contributed by atoms with Crippen LogP contribution in [0.1, 0.15) is 4.88 Å². The minimum atomic E-state index is -2.94. The first-order valence-corrected chi connectivity index (χ1v) is 7.97. The number of benzene rings is 1. The van der Waals surface area contributed by atoms with Gasteiger partial charge in [0.25, 0.3) is 0 Å². The van der Waals surface area contributed by atoms with Crippen LogP contribution in [0.4, 0.5) is 0 Å². The summed E-state index contributed by atoms with van der Waals surface area (Å²) in [5.41, 5.74) is 0. The van der Waals surface area contributed by atoms with E-state index in [9.17, 15) is 8.42 Å². The first-order valence-electron chi connectivity index (χ1n) is 4.30. The van der Waals surface area contributed by atoms with Crippen LogP contribution < -0.4 is 0 Å². The van der Waals surface area contributed by atoms with Crippen LogP contribution in [0.2, 0.25) is 0 Å². The zero-order valence-corrected chi connectivity index (χ0v) is 11.2. The number of fused-ring (bicyclic) bond motifs is 1. The third-order valence-electron chi connectivity index (χ3n) is 1.94. The maximum absolute atomic E-state index is 11.1. The Morgan fingerprint density at radius 1 is 1.33 bits per heavy atom. The van der Waals surface area contributed by atoms with Gasteiger partial charge in [0.2, 0.25) is 0 Å². The maximum Gasteiger partial charge on any atom is 0.152 e. The predicted octanol–water partition coefficient (Wildman–Crippen LogP) is 3.21. The summed E-state index contributed by atoms with van der Waals surface area (Å²) in [4.78, 5) is 0.894. The van der Waals surface area contributed by atoms with E-state index < -0.39 is 9.84 Å². The standard InChI is InChI=1S/C10H9BrO2S2/c1-15(12,13)6-9-4-7-2-3-8(11)5-10(7)14-9/h2-5H,6H2,1H3. The Hall–Kier alpha value is -0.390. The Morgan fingerprint density at radius 3 is 2.73 bits per heavy atom. The van der Waals surface area contributed by atoms with Crippen molar-refractivity contribution in [2.24, 2.45) is 0 Å². The molecule has 0 aliphatic rings. The van der Waals surface area contributed by atoms with Crippen LogP contribution in [0.25, 0.3) is 10.1 Å². The third-order valence-corrected chi connectivity index (χ3v) is 4.55. The van der Waals surface area contributed by atoms with E-state index in [1.807, 2.05) is 24.3 Å². The molecule has 0 amide bonds. The van der Waals surface area contributed by atoms with E-state index in [0.717, 1.165) is 19.4 Å². The van der Waals surface area contributed by atoms with Crippen LogP contribution >= 0.6 is 27.3 Å². The summed E-state index contributed by atoms with van der Waals surface area (Å²) >= 11 is 4.92. The lowest BCUT2D eigenvalue weighted by Crippen LogP contribution is -1.98. The Bertz CT molecular complexity index is 599. The second kappa shape index (κ2) is 3.88. The number of halogens is 1. The van der Waals surface area contributed by atoms with Crippen molar-refractivity contribution >= 4 is 47.2 Å². The van der Waals surface area contributed by atoms with E-state index in [1.54, 1.807) is 0 Å². The molecule has 0 fully saturated rings. The summed E-state index contributed by atoms with van der Waals surface area (Å²) in [7, 11) is -2.94. The highest BCUT2D eigenvalue weighted by Gasteiger charge is 2.08. The highest BCUT2D eigenvalue weighted by atomic mass is 79.9. The van der Waals surface area contributed by atoms with Crippen LogP contribution in [0.15, 0.2) is 28.7 Å². The fourth-order valence-corrected chi connectivity index (χ4v) is 4.28. The van der Waals surface area contributed by atoms with Gasteiger partial charge in [0, 0.05) is 20.3 Å². The molecule has 2 rings (SSSR count). The molecule has 80 valence electrons. The van der Waals surface area contributed by atoms with Crippen molar-refractivity contribution in [2.75, 3.05) is 6.26 Å². The molecule has 0 saturated carbocycles. The smallest absolute Gasteiger partial charge is 0.152 e. The van der Waals surface area contributed by atoms with Gasteiger partial charge >= 0.3 is 0 Å². The van der Waals surface area contributed by atoms with Crippen molar-refractivity contribution in [3.63, 3.8) is 0 Å². The first-order chi connectivity index (χ1) is 6.94. The van der Waals surface area contributed by atoms with E-state index >= 15 is 0 Å². The van der Waals surface area contributed by atoms with Crippen molar-refractivity contribution in [1.29, 1.82) is 0 Å². The summed E-state index contributed by atoms with van der Waals surface area (Å²) in [6.07, 6.45) is 1.26. The molecular weight excluding hydrogens is 296 g/mol. The molecule has 1 aromatic carbocycles. The lowest BCUT2D eigenvalue weighted by Gasteiger charge is -1.91. The van der Waals surface area contributed by atoms with Crippen LogP contribution in [-0.2, 0) is 15.6 Å². The lowest BCUT2D eigenvalue weighted by molar-refractivity contribution is 0.601. The molecule has 2 nitrogen and oxygen atoms in total.